The fraction of sp³-hybridized carbons (Fsp3) is 0.356. The van der Waals surface area contributed by atoms with Gasteiger partial charge in [0, 0.05) is 95.9 Å². The number of hydrogen-bond acceptors (Lipinski definition) is 16. The Morgan fingerprint density at radius 1 is 0.389 bits per heavy atom. The van der Waals surface area contributed by atoms with Crippen molar-refractivity contribution >= 4 is 46.2 Å². The molecule has 4 atom stereocenters. The lowest BCUT2D eigenvalue weighted by Gasteiger charge is -2.24. The molecule has 8 heterocycles. The number of carbonyl (C=O) groups is 4. The first-order valence-electron chi connectivity index (χ1n) is 40.0. The molecule has 4 aromatic carbocycles. The maximum Gasteiger partial charge on any atom is 0.270 e. The molecular weight excluding hydrogens is 1660 g/mol. The monoisotopic (exact) mass is 1760 g/mol. The maximum atomic E-state index is 14.0. The highest BCUT2D eigenvalue weighted by Crippen LogP contribution is 2.33. The lowest BCUT2D eigenvalue weighted by atomic mass is 9.97. The number of aromatic nitrogens is 8. The molecule has 0 spiro atoms. The summed E-state index contributed by atoms with van der Waals surface area (Å²) >= 11 is 0. The second-order valence-corrected chi connectivity index (χ2v) is 31.5. The van der Waals surface area contributed by atoms with Gasteiger partial charge in [0.25, 0.3) is 23.6 Å². The van der Waals surface area contributed by atoms with E-state index < -0.39 is 133 Å². The molecule has 0 aliphatic rings. The standard InChI is InChI=1S/C24H26F2N4O2.C23H27F3N4O2.C22H25F3N4O2.C21H22F4N4O2/c1-5-10-24(4,27)14-28-23(31)21-15(3)29-22-20(11-16(6-2)12-30(21)22)32-13-17-18(25)8-7-9-19(17)26;1-4-8-23(3,27)13-28-22(31)20-14(2)29-21-19(9-15(10-24)11-30(20)21)32-12-16-17(25)6-5-7-18(16)26;1-4-22(3,26)12-27-21(30)19-13(2)28-20-18(8-14(9-23)10-29(19)20)31-11-15-16(24)6-5-7-17(15)25;1-12-18(20(30)27-11-21(2,26)10-23)29-8-13(7-22)6-17(19(29)28-12)31-9-14-15(24)4-3-5-16(14)25/h2,7-9,11-12H,5,10,13-14,27H2,1,3-4H3,(H,28,31);5-7,9,11H,4,8,10,12-13,27H2,1-3H3,(H,28,31);5-8,10H,4,9,11-12,26H2,1-3H3,(H,27,30);3-6,8H,7,9-11,26H2,1-2H3,(H,27,30). The predicted octanol–water partition coefficient (Wildman–Crippen LogP) is 15.2. The zero-order valence-electron chi connectivity index (χ0n) is 71.3. The second kappa shape index (κ2) is 42.3. The van der Waals surface area contributed by atoms with Crippen molar-refractivity contribution in [3.63, 3.8) is 0 Å². The molecular formula is C90H100F12N16O8. The van der Waals surface area contributed by atoms with Crippen molar-refractivity contribution in [2.24, 2.45) is 22.9 Å². The van der Waals surface area contributed by atoms with Crippen LogP contribution in [0.5, 0.6) is 23.0 Å². The SMILES string of the molecule is C#Cc1cc(OCc2c(F)cccc2F)c2nc(C)c(C(=O)NCC(C)(N)CCC)n2c1.CCC(C)(N)CNC(=O)c1c(C)nc2c(OCc3c(F)cccc3F)cc(CF)cn12.CCCC(C)(N)CNC(=O)c1c(C)nc2c(OCc3c(F)cccc3F)cc(CF)cn12.Cc1nc2c(OCc3c(F)cccc3F)cc(CF)cn2c1C(=O)NCC(C)(N)CF. The molecule has 0 saturated heterocycles. The minimum absolute atomic E-state index is 0.0485. The van der Waals surface area contributed by atoms with Gasteiger partial charge >= 0.3 is 0 Å². The lowest BCUT2D eigenvalue weighted by molar-refractivity contribution is 0.0928. The van der Waals surface area contributed by atoms with Crippen LogP contribution in [0.1, 0.15) is 190 Å². The number of pyridine rings is 4. The van der Waals surface area contributed by atoms with Gasteiger partial charge in [-0.2, -0.15) is 0 Å². The van der Waals surface area contributed by atoms with E-state index in [1.807, 2.05) is 41.5 Å². The normalized spacial score (nSPS) is 13.2. The summed E-state index contributed by atoms with van der Waals surface area (Å²) < 4.78 is 193. The molecule has 0 radical (unpaired) electrons. The quantitative estimate of drug-likeness (QED) is 0.0140. The fourth-order valence-corrected chi connectivity index (χ4v) is 13.1. The van der Waals surface area contributed by atoms with Crippen molar-refractivity contribution in [3.05, 3.63) is 258 Å². The number of rotatable bonds is 33. The molecule has 0 bridgehead atoms. The van der Waals surface area contributed by atoms with Crippen molar-refractivity contribution in [2.45, 2.75) is 177 Å². The zero-order chi connectivity index (χ0) is 92.4. The minimum atomic E-state index is -1.24. The first-order valence-corrected chi connectivity index (χ1v) is 40.0. The van der Waals surface area contributed by atoms with E-state index in [0.717, 1.165) is 74.2 Å². The number of aryl methyl sites for hydroxylation is 4. The molecule has 12 rings (SSSR count). The molecule has 126 heavy (non-hydrogen) atoms. The van der Waals surface area contributed by atoms with Crippen molar-refractivity contribution in [1.29, 1.82) is 0 Å². The van der Waals surface area contributed by atoms with Crippen LogP contribution in [-0.4, -0.2) is 116 Å². The molecule has 0 fully saturated rings. The zero-order valence-corrected chi connectivity index (χ0v) is 71.3. The van der Waals surface area contributed by atoms with Crippen LogP contribution in [0.2, 0.25) is 0 Å². The number of halogens is 12. The molecule has 4 amide bonds. The Bertz CT molecular complexity index is 5730. The number of amides is 4. The number of nitrogens with zero attached hydrogens (tertiary/aromatic N) is 8. The number of imidazole rings is 4. The Balaban J connectivity index is 0.000000190. The number of nitrogens with two attached hydrogens (primary N) is 4. The molecule has 8 aromatic heterocycles. The smallest absolute Gasteiger partial charge is 0.270 e. The molecule has 12 N–H and O–H groups in total. The van der Waals surface area contributed by atoms with Crippen LogP contribution in [0, 0.1) is 86.6 Å². The van der Waals surface area contributed by atoms with E-state index >= 15 is 0 Å². The number of hydrogen-bond donors (Lipinski definition) is 8. The van der Waals surface area contributed by atoms with E-state index in [-0.39, 0.29) is 140 Å². The highest BCUT2D eigenvalue weighted by molar-refractivity contribution is 5.97. The molecule has 672 valence electrons. The summed E-state index contributed by atoms with van der Waals surface area (Å²) in [4.78, 5) is 68.9. The van der Waals surface area contributed by atoms with Crippen LogP contribution in [0.3, 0.4) is 0 Å². The number of nitrogens with one attached hydrogen (secondary N) is 4. The van der Waals surface area contributed by atoms with Gasteiger partial charge in [-0.15, -0.1) is 6.42 Å². The second-order valence-electron chi connectivity index (χ2n) is 31.5. The van der Waals surface area contributed by atoms with Gasteiger partial charge in [0.2, 0.25) is 0 Å². The average Bonchev–Trinajstić information content (AvgIpc) is 1.64. The summed E-state index contributed by atoms with van der Waals surface area (Å²) in [7, 11) is 0. The van der Waals surface area contributed by atoms with Crippen LogP contribution in [0.15, 0.2) is 122 Å². The molecule has 12 aromatic rings. The number of alkyl halides is 4. The minimum Gasteiger partial charge on any atom is -0.485 e. The summed E-state index contributed by atoms with van der Waals surface area (Å²) in [6.45, 7) is 15.1. The van der Waals surface area contributed by atoms with Gasteiger partial charge in [-0.25, -0.2) is 72.6 Å². The van der Waals surface area contributed by atoms with Gasteiger partial charge in [-0.3, -0.25) is 36.8 Å². The molecule has 36 heteroatoms. The van der Waals surface area contributed by atoms with E-state index in [9.17, 15) is 71.9 Å². The molecule has 4 unspecified atom stereocenters. The Morgan fingerprint density at radius 3 is 0.857 bits per heavy atom. The van der Waals surface area contributed by atoms with Gasteiger partial charge in [0.15, 0.2) is 45.6 Å². The third-order valence-electron chi connectivity index (χ3n) is 20.2. The van der Waals surface area contributed by atoms with Crippen molar-refractivity contribution < 1.29 is 90.8 Å². The number of benzene rings is 4. The number of ether oxygens (including phenoxy) is 4. The highest BCUT2D eigenvalue weighted by atomic mass is 19.2. The van der Waals surface area contributed by atoms with Gasteiger partial charge in [-0.1, -0.05) is 63.8 Å². The largest absolute Gasteiger partial charge is 0.485 e. The topological polar surface area (TPSA) is 327 Å². The van der Waals surface area contributed by atoms with Crippen molar-refractivity contribution in [1.82, 2.24) is 58.8 Å². The number of carbonyl (C=O) groups excluding carboxylic acids is 4. The summed E-state index contributed by atoms with van der Waals surface area (Å²) in [6.07, 6.45) is 15.4. The van der Waals surface area contributed by atoms with Crippen LogP contribution in [0.4, 0.5) is 52.7 Å². The van der Waals surface area contributed by atoms with Crippen molar-refractivity contribution in [3.8, 4) is 35.3 Å². The first kappa shape index (κ1) is 97.1. The van der Waals surface area contributed by atoms with Gasteiger partial charge in [0.1, 0.15) is 122 Å². The van der Waals surface area contributed by atoms with Crippen LogP contribution >= 0.6 is 0 Å². The number of fused-ring (bicyclic) bond motifs is 4. The third-order valence-corrected chi connectivity index (χ3v) is 20.2. The van der Waals surface area contributed by atoms with Crippen molar-refractivity contribution in [2.75, 3.05) is 32.9 Å². The molecule has 0 saturated carbocycles. The Hall–Kier alpha value is -12.7. The molecule has 24 nitrogen and oxygen atoms in total. The Morgan fingerprint density at radius 2 is 0.627 bits per heavy atom. The van der Waals surface area contributed by atoms with Gasteiger partial charge < -0.3 is 63.1 Å². The molecule has 0 aliphatic heterocycles. The summed E-state index contributed by atoms with van der Waals surface area (Å²) in [5, 5.41) is 11.0. The van der Waals surface area contributed by atoms with Crippen LogP contribution in [0.25, 0.3) is 22.6 Å². The fourth-order valence-electron chi connectivity index (χ4n) is 13.1. The maximum absolute atomic E-state index is 14.0. The molecule has 0 aliphatic carbocycles. The first-order chi connectivity index (χ1) is 59.7. The van der Waals surface area contributed by atoms with Gasteiger partial charge in [-0.05, 0) is 141 Å². The average molecular weight is 1760 g/mol. The predicted molar refractivity (Wildman–Crippen MR) is 451 cm³/mol. The Labute approximate surface area is 719 Å². The lowest BCUT2D eigenvalue weighted by Crippen LogP contribution is -2.49. The highest BCUT2D eigenvalue weighted by Gasteiger charge is 2.30. The summed E-state index contributed by atoms with van der Waals surface area (Å²) in [6, 6.07) is 19.7. The third kappa shape index (κ3) is 24.0. The number of terminal acetylenes is 1. The van der Waals surface area contributed by atoms with E-state index in [2.05, 4.69) is 47.1 Å². The summed E-state index contributed by atoms with van der Waals surface area (Å²) in [5.41, 5.74) is 24.6. The van der Waals surface area contributed by atoms with E-state index in [1.54, 1.807) is 40.0 Å². The van der Waals surface area contributed by atoms with E-state index in [4.69, 9.17) is 48.3 Å². The summed E-state index contributed by atoms with van der Waals surface area (Å²) in [5.74, 6) is -4.80. The Kier molecular flexibility index (Phi) is 32.6. The van der Waals surface area contributed by atoms with E-state index in [0.29, 0.717) is 40.4 Å². The van der Waals surface area contributed by atoms with Crippen LogP contribution in [-0.2, 0) is 46.5 Å². The van der Waals surface area contributed by atoms with Crippen LogP contribution < -0.4 is 63.1 Å². The van der Waals surface area contributed by atoms with Gasteiger partial charge in [0.05, 0.1) is 50.6 Å². The van der Waals surface area contributed by atoms with E-state index in [1.165, 1.54) is 85.6 Å².